The van der Waals surface area contributed by atoms with Crippen LogP contribution in [0.15, 0.2) is 12.1 Å². The number of nitrogens with zero attached hydrogens (tertiary/aromatic N) is 2. The quantitative estimate of drug-likeness (QED) is 0.905. The van der Waals surface area contributed by atoms with Crippen molar-refractivity contribution in [1.82, 2.24) is 4.98 Å². The molecule has 0 aliphatic heterocycles. The van der Waals surface area contributed by atoms with Gasteiger partial charge in [0.2, 0.25) is 0 Å². The van der Waals surface area contributed by atoms with Crippen molar-refractivity contribution in [2.24, 2.45) is 0 Å². The Labute approximate surface area is 114 Å². The van der Waals surface area contributed by atoms with E-state index in [0.717, 1.165) is 17.9 Å². The minimum Gasteiger partial charge on any atom is -0.478 e. The zero-order valence-electron chi connectivity index (χ0n) is 11.7. The highest BCUT2D eigenvalue weighted by molar-refractivity contribution is 5.88. The Hall–Kier alpha value is -1.58. The first kappa shape index (κ1) is 13.8. The van der Waals surface area contributed by atoms with Crippen LogP contribution >= 0.6 is 0 Å². The number of aromatic nitrogens is 1. The van der Waals surface area contributed by atoms with Crippen molar-refractivity contribution in [2.45, 2.75) is 51.5 Å². The Morgan fingerprint density at radius 3 is 2.63 bits per heavy atom. The maximum Gasteiger partial charge on any atom is 0.335 e. The molecule has 19 heavy (non-hydrogen) atoms. The molecule has 1 N–H and O–H groups in total. The Balaban J connectivity index is 2.26. The third-order valence-electron chi connectivity index (χ3n) is 3.96. The van der Waals surface area contributed by atoms with E-state index >= 15 is 0 Å². The van der Waals surface area contributed by atoms with Gasteiger partial charge in [0.1, 0.15) is 5.82 Å². The number of carboxylic acids is 1. The van der Waals surface area contributed by atoms with E-state index in [1.165, 1.54) is 32.1 Å². The van der Waals surface area contributed by atoms with E-state index in [2.05, 4.69) is 9.88 Å². The normalized spacial score (nSPS) is 16.3. The zero-order valence-corrected chi connectivity index (χ0v) is 11.7. The van der Waals surface area contributed by atoms with Gasteiger partial charge in [0.05, 0.1) is 5.56 Å². The van der Waals surface area contributed by atoms with Crippen LogP contribution in [-0.2, 0) is 6.42 Å². The van der Waals surface area contributed by atoms with Crippen LogP contribution in [0.1, 0.15) is 55.1 Å². The van der Waals surface area contributed by atoms with Gasteiger partial charge >= 0.3 is 5.97 Å². The number of hydrogen-bond acceptors (Lipinski definition) is 3. The summed E-state index contributed by atoms with van der Waals surface area (Å²) >= 11 is 0. The molecule has 0 unspecified atom stereocenters. The molecule has 0 atom stereocenters. The Kier molecular flexibility index (Phi) is 4.40. The molecule has 1 aliphatic rings. The molecule has 1 aromatic heterocycles. The van der Waals surface area contributed by atoms with E-state index in [-0.39, 0.29) is 0 Å². The van der Waals surface area contributed by atoms with Crippen molar-refractivity contribution in [2.75, 3.05) is 11.9 Å². The lowest BCUT2D eigenvalue weighted by Gasteiger charge is -2.32. The van der Waals surface area contributed by atoms with Crippen LogP contribution in [-0.4, -0.2) is 29.1 Å². The van der Waals surface area contributed by atoms with E-state index in [4.69, 9.17) is 0 Å². The number of hydrogen-bond donors (Lipinski definition) is 1. The van der Waals surface area contributed by atoms with E-state index in [1.807, 2.05) is 14.0 Å². The molecule has 1 aliphatic carbocycles. The molecule has 104 valence electrons. The van der Waals surface area contributed by atoms with Crippen LogP contribution < -0.4 is 4.90 Å². The topological polar surface area (TPSA) is 53.4 Å². The number of aryl methyl sites for hydroxylation is 1. The summed E-state index contributed by atoms with van der Waals surface area (Å²) in [4.78, 5) is 17.9. The lowest BCUT2D eigenvalue weighted by Crippen LogP contribution is -2.34. The average Bonchev–Trinajstić information content (AvgIpc) is 2.46. The molecule has 1 aromatic rings. The lowest BCUT2D eigenvalue weighted by molar-refractivity contribution is 0.0696. The van der Waals surface area contributed by atoms with Crippen molar-refractivity contribution in [1.29, 1.82) is 0 Å². The standard InChI is InChI=1S/C15H22N2O2/c1-3-12-9-11(15(18)19)10-14(16-12)17(2)13-7-5-4-6-8-13/h9-10,13H,3-8H2,1-2H3,(H,18,19). The summed E-state index contributed by atoms with van der Waals surface area (Å²) in [7, 11) is 2.03. The van der Waals surface area contributed by atoms with Crippen LogP contribution in [0.25, 0.3) is 0 Å². The van der Waals surface area contributed by atoms with E-state index in [9.17, 15) is 9.90 Å². The number of anilines is 1. The summed E-state index contributed by atoms with van der Waals surface area (Å²) < 4.78 is 0. The third-order valence-corrected chi connectivity index (χ3v) is 3.96. The number of pyridine rings is 1. The van der Waals surface area contributed by atoms with E-state index in [1.54, 1.807) is 12.1 Å². The minimum atomic E-state index is -0.879. The molecule has 1 heterocycles. The molecule has 0 spiro atoms. The summed E-state index contributed by atoms with van der Waals surface area (Å²) in [5.74, 6) is -0.0842. The molecular weight excluding hydrogens is 240 g/mol. The second kappa shape index (κ2) is 6.04. The van der Waals surface area contributed by atoms with Crippen LogP contribution in [0.5, 0.6) is 0 Å². The third kappa shape index (κ3) is 3.25. The van der Waals surface area contributed by atoms with Gasteiger partial charge in [-0.25, -0.2) is 9.78 Å². The summed E-state index contributed by atoms with van der Waals surface area (Å²) in [5, 5.41) is 9.18. The minimum absolute atomic E-state index is 0.338. The van der Waals surface area contributed by atoms with Gasteiger partial charge in [-0.15, -0.1) is 0 Å². The van der Waals surface area contributed by atoms with Gasteiger partial charge in [-0.2, -0.15) is 0 Å². The van der Waals surface area contributed by atoms with E-state index < -0.39 is 5.97 Å². The predicted molar refractivity (Wildman–Crippen MR) is 75.9 cm³/mol. The van der Waals surface area contributed by atoms with Gasteiger partial charge in [0.25, 0.3) is 0 Å². The molecule has 0 aromatic carbocycles. The number of rotatable bonds is 4. The summed E-state index contributed by atoms with van der Waals surface area (Å²) in [5.41, 5.74) is 1.18. The molecule has 2 rings (SSSR count). The van der Waals surface area contributed by atoms with Gasteiger partial charge in [-0.05, 0) is 31.4 Å². The van der Waals surface area contributed by atoms with Gasteiger partial charge in [-0.3, -0.25) is 0 Å². The number of aromatic carboxylic acids is 1. The lowest BCUT2D eigenvalue weighted by atomic mass is 9.94. The fourth-order valence-electron chi connectivity index (χ4n) is 2.71. The maximum absolute atomic E-state index is 11.2. The molecule has 1 fully saturated rings. The Morgan fingerprint density at radius 2 is 2.05 bits per heavy atom. The Morgan fingerprint density at radius 1 is 1.37 bits per heavy atom. The van der Waals surface area contributed by atoms with Crippen LogP contribution in [0, 0.1) is 0 Å². The molecule has 0 bridgehead atoms. The molecule has 0 saturated heterocycles. The van der Waals surface area contributed by atoms with Crippen molar-refractivity contribution in [3.63, 3.8) is 0 Å². The highest BCUT2D eigenvalue weighted by atomic mass is 16.4. The van der Waals surface area contributed by atoms with Gasteiger partial charge < -0.3 is 10.0 Å². The molecule has 0 amide bonds. The highest BCUT2D eigenvalue weighted by Crippen LogP contribution is 2.26. The van der Waals surface area contributed by atoms with E-state index in [0.29, 0.717) is 11.6 Å². The van der Waals surface area contributed by atoms with Crippen LogP contribution in [0.2, 0.25) is 0 Å². The number of carboxylic acid groups (broad SMARTS) is 1. The fourth-order valence-corrected chi connectivity index (χ4v) is 2.71. The first-order valence-electron chi connectivity index (χ1n) is 7.09. The molecular formula is C15H22N2O2. The van der Waals surface area contributed by atoms with Gasteiger partial charge in [0, 0.05) is 18.8 Å². The van der Waals surface area contributed by atoms with Crippen LogP contribution in [0.4, 0.5) is 5.82 Å². The van der Waals surface area contributed by atoms with Crippen LogP contribution in [0.3, 0.4) is 0 Å². The smallest absolute Gasteiger partial charge is 0.335 e. The van der Waals surface area contributed by atoms with Crippen molar-refractivity contribution < 1.29 is 9.90 Å². The molecule has 4 heteroatoms. The molecule has 4 nitrogen and oxygen atoms in total. The maximum atomic E-state index is 11.2. The second-order valence-electron chi connectivity index (χ2n) is 5.27. The summed E-state index contributed by atoms with van der Waals surface area (Å²) in [6.07, 6.45) is 6.94. The second-order valence-corrected chi connectivity index (χ2v) is 5.27. The first-order chi connectivity index (χ1) is 9.11. The highest BCUT2D eigenvalue weighted by Gasteiger charge is 2.20. The fraction of sp³-hybridized carbons (Fsp3) is 0.600. The summed E-state index contributed by atoms with van der Waals surface area (Å²) in [6, 6.07) is 3.85. The number of carbonyl (C=O) groups is 1. The Bertz CT molecular complexity index is 453. The summed E-state index contributed by atoms with van der Waals surface area (Å²) in [6.45, 7) is 2.00. The largest absolute Gasteiger partial charge is 0.478 e. The first-order valence-corrected chi connectivity index (χ1v) is 7.09. The zero-order chi connectivity index (χ0) is 13.8. The molecule has 0 radical (unpaired) electrons. The van der Waals surface area contributed by atoms with Crippen molar-refractivity contribution >= 4 is 11.8 Å². The van der Waals surface area contributed by atoms with Crippen molar-refractivity contribution in [3.8, 4) is 0 Å². The predicted octanol–water partition coefficient (Wildman–Crippen LogP) is 3.11. The van der Waals surface area contributed by atoms with Gasteiger partial charge in [-0.1, -0.05) is 26.2 Å². The monoisotopic (exact) mass is 262 g/mol. The van der Waals surface area contributed by atoms with Gasteiger partial charge in [0.15, 0.2) is 0 Å². The molecule has 1 saturated carbocycles. The average molecular weight is 262 g/mol. The SMILES string of the molecule is CCc1cc(C(=O)O)cc(N(C)C2CCCCC2)n1. The van der Waals surface area contributed by atoms with Crippen molar-refractivity contribution in [3.05, 3.63) is 23.4 Å².